The maximum atomic E-state index is 5.89. The molecule has 19 heavy (non-hydrogen) atoms. The van der Waals surface area contributed by atoms with Crippen molar-refractivity contribution >= 4 is 11.6 Å². The van der Waals surface area contributed by atoms with Crippen LogP contribution in [0.25, 0.3) is 0 Å². The van der Waals surface area contributed by atoms with Gasteiger partial charge in [0, 0.05) is 18.7 Å². The number of nitrogens with two attached hydrogens (primary N) is 1. The number of nitrogens with zero attached hydrogens (tertiary/aromatic N) is 2. The molecular formula is C14H26N4O. The lowest BCUT2D eigenvalue weighted by Gasteiger charge is -2.15. The first-order valence-electron chi connectivity index (χ1n) is 6.94. The van der Waals surface area contributed by atoms with Crippen molar-refractivity contribution in [1.29, 1.82) is 0 Å². The van der Waals surface area contributed by atoms with Crippen molar-refractivity contribution in [1.82, 2.24) is 9.97 Å². The molecule has 5 nitrogen and oxygen atoms in total. The van der Waals surface area contributed by atoms with Gasteiger partial charge in [0.05, 0.1) is 6.61 Å². The van der Waals surface area contributed by atoms with Gasteiger partial charge in [-0.05, 0) is 18.3 Å². The lowest BCUT2D eigenvalue weighted by Crippen LogP contribution is -2.14. The third kappa shape index (κ3) is 5.42. The molecule has 108 valence electrons. The Bertz CT molecular complexity index is 380. The van der Waals surface area contributed by atoms with Crippen LogP contribution in [0.2, 0.25) is 0 Å². The van der Waals surface area contributed by atoms with Crippen molar-refractivity contribution in [3.05, 3.63) is 11.9 Å². The molecule has 0 radical (unpaired) electrons. The fourth-order valence-corrected chi connectivity index (χ4v) is 1.78. The molecular weight excluding hydrogens is 240 g/mol. The zero-order chi connectivity index (χ0) is 14.3. The summed E-state index contributed by atoms with van der Waals surface area (Å²) in [6.45, 7) is 10.8. The highest BCUT2D eigenvalue weighted by atomic mass is 16.5. The van der Waals surface area contributed by atoms with E-state index in [1.165, 1.54) is 6.33 Å². The van der Waals surface area contributed by atoms with Crippen molar-refractivity contribution in [3.8, 4) is 0 Å². The molecule has 0 bridgehead atoms. The number of ether oxygens (including phenoxy) is 1. The molecule has 0 fully saturated rings. The fraction of sp³-hybridized carbons (Fsp3) is 0.714. The van der Waals surface area contributed by atoms with Gasteiger partial charge in [0.2, 0.25) is 0 Å². The van der Waals surface area contributed by atoms with Crippen LogP contribution in [0.4, 0.5) is 11.6 Å². The van der Waals surface area contributed by atoms with E-state index in [0.717, 1.165) is 31.0 Å². The van der Waals surface area contributed by atoms with Gasteiger partial charge in [0.1, 0.15) is 18.0 Å². The third-order valence-electron chi connectivity index (χ3n) is 2.87. The highest BCUT2D eigenvalue weighted by molar-refractivity contribution is 5.56. The lowest BCUT2D eigenvalue weighted by atomic mass is 10.0. The summed E-state index contributed by atoms with van der Waals surface area (Å²) in [7, 11) is 0. The molecule has 1 rings (SSSR count). The molecule has 0 unspecified atom stereocenters. The number of anilines is 2. The Labute approximate surface area is 116 Å². The number of aromatic nitrogens is 2. The van der Waals surface area contributed by atoms with Crippen LogP contribution in [0.1, 0.15) is 45.6 Å². The maximum Gasteiger partial charge on any atom is 0.135 e. The van der Waals surface area contributed by atoms with Gasteiger partial charge in [0.15, 0.2) is 0 Å². The minimum absolute atomic E-state index is 0.297. The molecule has 0 aliphatic heterocycles. The molecule has 0 amide bonds. The van der Waals surface area contributed by atoms with Gasteiger partial charge in [-0.3, -0.25) is 0 Å². The molecule has 0 aliphatic rings. The standard InChI is InChI=1S/C14H26N4O/c1-10(2)5-7-19-8-6-16-14-12(11(3)4)13(15)17-9-18-14/h9-11H,5-8H2,1-4H3,(H3,15,16,17,18). The average molecular weight is 266 g/mol. The van der Waals surface area contributed by atoms with E-state index in [0.29, 0.717) is 24.3 Å². The van der Waals surface area contributed by atoms with E-state index >= 15 is 0 Å². The maximum absolute atomic E-state index is 5.89. The van der Waals surface area contributed by atoms with E-state index in [1.807, 2.05) is 0 Å². The highest BCUT2D eigenvalue weighted by Gasteiger charge is 2.12. The van der Waals surface area contributed by atoms with E-state index in [9.17, 15) is 0 Å². The second kappa shape index (κ2) is 7.94. The van der Waals surface area contributed by atoms with Crippen molar-refractivity contribution in [2.75, 3.05) is 30.8 Å². The fourth-order valence-electron chi connectivity index (χ4n) is 1.78. The summed E-state index contributed by atoms with van der Waals surface area (Å²) in [4.78, 5) is 8.28. The third-order valence-corrected chi connectivity index (χ3v) is 2.87. The van der Waals surface area contributed by atoms with Crippen molar-refractivity contribution < 1.29 is 4.74 Å². The molecule has 0 aromatic carbocycles. The molecule has 3 N–H and O–H groups in total. The zero-order valence-electron chi connectivity index (χ0n) is 12.4. The molecule has 0 saturated carbocycles. The molecule has 0 spiro atoms. The molecule has 1 aromatic rings. The predicted octanol–water partition coefficient (Wildman–Crippen LogP) is 2.66. The number of nitrogen functional groups attached to an aromatic ring is 1. The first kappa shape index (κ1) is 15.7. The van der Waals surface area contributed by atoms with Gasteiger partial charge in [-0.2, -0.15) is 0 Å². The monoisotopic (exact) mass is 266 g/mol. The Morgan fingerprint density at radius 1 is 1.21 bits per heavy atom. The van der Waals surface area contributed by atoms with Gasteiger partial charge < -0.3 is 15.8 Å². The normalized spacial score (nSPS) is 11.3. The molecule has 0 aliphatic carbocycles. The largest absolute Gasteiger partial charge is 0.383 e. The van der Waals surface area contributed by atoms with Crippen LogP contribution in [0.5, 0.6) is 0 Å². The summed E-state index contributed by atoms with van der Waals surface area (Å²) < 4.78 is 5.56. The molecule has 0 atom stereocenters. The van der Waals surface area contributed by atoms with Gasteiger partial charge >= 0.3 is 0 Å². The van der Waals surface area contributed by atoms with Gasteiger partial charge in [-0.15, -0.1) is 0 Å². The van der Waals surface area contributed by atoms with Gasteiger partial charge in [0.25, 0.3) is 0 Å². The number of rotatable bonds is 8. The van der Waals surface area contributed by atoms with Crippen molar-refractivity contribution in [2.45, 2.75) is 40.0 Å². The van der Waals surface area contributed by atoms with Gasteiger partial charge in [-0.25, -0.2) is 9.97 Å². The van der Waals surface area contributed by atoms with Crippen molar-refractivity contribution in [2.24, 2.45) is 5.92 Å². The molecule has 1 heterocycles. The van der Waals surface area contributed by atoms with Crippen LogP contribution in [-0.4, -0.2) is 29.7 Å². The summed E-state index contributed by atoms with van der Waals surface area (Å²) in [5.74, 6) is 2.34. The lowest BCUT2D eigenvalue weighted by molar-refractivity contribution is 0.132. The van der Waals surface area contributed by atoms with E-state index in [-0.39, 0.29) is 0 Å². The molecule has 5 heteroatoms. The van der Waals surface area contributed by atoms with Gasteiger partial charge in [-0.1, -0.05) is 27.7 Å². The van der Waals surface area contributed by atoms with E-state index in [2.05, 4.69) is 43.0 Å². The Morgan fingerprint density at radius 2 is 1.95 bits per heavy atom. The molecule has 1 aromatic heterocycles. The molecule has 0 saturated heterocycles. The summed E-state index contributed by atoms with van der Waals surface area (Å²) in [5.41, 5.74) is 6.86. The summed E-state index contributed by atoms with van der Waals surface area (Å²) in [6.07, 6.45) is 2.58. The zero-order valence-corrected chi connectivity index (χ0v) is 12.4. The van der Waals surface area contributed by atoms with Crippen LogP contribution in [0.15, 0.2) is 6.33 Å². The smallest absolute Gasteiger partial charge is 0.135 e. The van der Waals surface area contributed by atoms with E-state index < -0.39 is 0 Å². The number of nitrogens with one attached hydrogen (secondary N) is 1. The minimum atomic E-state index is 0.297. The summed E-state index contributed by atoms with van der Waals surface area (Å²) >= 11 is 0. The van der Waals surface area contributed by atoms with E-state index in [4.69, 9.17) is 10.5 Å². The van der Waals surface area contributed by atoms with Crippen LogP contribution in [0, 0.1) is 5.92 Å². The summed E-state index contributed by atoms with van der Waals surface area (Å²) in [6, 6.07) is 0. The minimum Gasteiger partial charge on any atom is -0.383 e. The van der Waals surface area contributed by atoms with Crippen LogP contribution in [0.3, 0.4) is 0 Å². The second-order valence-electron chi connectivity index (χ2n) is 5.40. The second-order valence-corrected chi connectivity index (χ2v) is 5.40. The Hall–Kier alpha value is -1.36. The first-order valence-corrected chi connectivity index (χ1v) is 6.94. The number of hydrogen-bond acceptors (Lipinski definition) is 5. The van der Waals surface area contributed by atoms with Crippen LogP contribution < -0.4 is 11.1 Å². The van der Waals surface area contributed by atoms with Crippen LogP contribution in [-0.2, 0) is 4.74 Å². The Balaban J connectivity index is 2.39. The topological polar surface area (TPSA) is 73.1 Å². The Kier molecular flexibility index (Phi) is 6.56. The first-order chi connectivity index (χ1) is 9.02. The van der Waals surface area contributed by atoms with Crippen LogP contribution >= 0.6 is 0 Å². The number of hydrogen-bond donors (Lipinski definition) is 2. The SMILES string of the molecule is CC(C)CCOCCNc1ncnc(N)c1C(C)C. The summed E-state index contributed by atoms with van der Waals surface area (Å²) in [5, 5.41) is 3.27. The highest BCUT2D eigenvalue weighted by Crippen LogP contribution is 2.25. The quantitative estimate of drug-likeness (QED) is 0.708. The predicted molar refractivity (Wildman–Crippen MR) is 79.3 cm³/mol. The average Bonchev–Trinajstić information content (AvgIpc) is 2.32. The van der Waals surface area contributed by atoms with Crippen molar-refractivity contribution in [3.63, 3.8) is 0 Å². The Morgan fingerprint density at radius 3 is 2.58 bits per heavy atom. The van der Waals surface area contributed by atoms with E-state index in [1.54, 1.807) is 0 Å².